The van der Waals surface area contributed by atoms with E-state index in [1.165, 1.54) is 18.3 Å². The average molecular weight is 427 g/mol. The molecule has 0 aliphatic heterocycles. The lowest BCUT2D eigenvalue weighted by Gasteiger charge is -2.21. The number of anilines is 1. The van der Waals surface area contributed by atoms with Gasteiger partial charge in [0.2, 0.25) is 0 Å². The molecule has 0 atom stereocenters. The zero-order chi connectivity index (χ0) is 23.0. The molecule has 3 aromatic carbocycles. The number of halogens is 1. The van der Waals surface area contributed by atoms with Gasteiger partial charge in [0.15, 0.2) is 0 Å². The molecule has 1 heterocycles. The van der Waals surface area contributed by atoms with E-state index in [1.54, 1.807) is 42.5 Å². The highest BCUT2D eigenvalue weighted by Crippen LogP contribution is 2.41. The molecule has 0 spiro atoms. The van der Waals surface area contributed by atoms with Crippen molar-refractivity contribution in [3.63, 3.8) is 0 Å². The normalized spacial score (nSPS) is 11.1. The number of hydrogen-bond donors (Lipinski definition) is 3. The molecule has 1 aromatic heterocycles. The first-order valence-electron chi connectivity index (χ1n) is 10.2. The number of carboxylic acid groups (broad SMARTS) is 1. The van der Waals surface area contributed by atoms with Gasteiger partial charge >= 0.3 is 5.97 Å². The number of carbonyl (C=O) groups is 1. The van der Waals surface area contributed by atoms with Gasteiger partial charge in [0.1, 0.15) is 5.82 Å². The molecule has 0 radical (unpaired) electrons. The van der Waals surface area contributed by atoms with E-state index in [1.807, 2.05) is 6.07 Å². The fourth-order valence-corrected chi connectivity index (χ4v) is 3.96. The molecule has 0 aliphatic carbocycles. The Labute approximate surface area is 184 Å². The maximum Gasteiger partial charge on any atom is 0.335 e. The first-order valence-corrected chi connectivity index (χ1v) is 10.2. The Bertz CT molecular complexity index is 1340. The molecule has 160 valence electrons. The quantitative estimate of drug-likeness (QED) is 0.264. The van der Waals surface area contributed by atoms with E-state index in [0.717, 1.165) is 27.6 Å². The number of fused-ring (bicyclic) bond motifs is 1. The highest BCUT2D eigenvalue weighted by molar-refractivity contribution is 6.04. The van der Waals surface area contributed by atoms with E-state index in [2.05, 4.69) is 13.8 Å². The topological polar surface area (TPSA) is 100 Å². The molecule has 0 fully saturated rings. The smallest absolute Gasteiger partial charge is 0.335 e. The minimum atomic E-state index is -0.994. The Morgan fingerprint density at radius 2 is 1.69 bits per heavy atom. The third-order valence-corrected chi connectivity index (χ3v) is 5.50. The van der Waals surface area contributed by atoms with Crippen molar-refractivity contribution < 1.29 is 14.3 Å². The summed E-state index contributed by atoms with van der Waals surface area (Å²) in [5.74, 6) is -1.26. The van der Waals surface area contributed by atoms with Gasteiger partial charge in [0.05, 0.1) is 16.8 Å². The van der Waals surface area contributed by atoms with Crippen LogP contribution in [0.2, 0.25) is 0 Å². The van der Waals surface area contributed by atoms with Crippen molar-refractivity contribution in [1.82, 2.24) is 4.98 Å². The summed E-state index contributed by atoms with van der Waals surface area (Å²) >= 11 is 0. The Hall–Kier alpha value is -4.06. The summed E-state index contributed by atoms with van der Waals surface area (Å²) in [6, 6.07) is 16.5. The number of hydrogen-bond acceptors (Lipinski definition) is 4. The summed E-state index contributed by atoms with van der Waals surface area (Å²) in [4.78, 5) is 16.2. The highest BCUT2D eigenvalue weighted by atomic mass is 19.1. The molecule has 0 saturated heterocycles. The number of benzene rings is 3. The second-order valence-corrected chi connectivity index (χ2v) is 7.94. The van der Waals surface area contributed by atoms with Crippen LogP contribution in [0.5, 0.6) is 0 Å². The SMILES string of the molecule is CC(C)c1c(-c2ccc(C(=O)O)cc2)nc2cc(N)c(C=N)cc2c1-c1ccc(F)cc1. The van der Waals surface area contributed by atoms with E-state index in [-0.39, 0.29) is 17.3 Å². The van der Waals surface area contributed by atoms with Crippen LogP contribution in [-0.2, 0) is 0 Å². The first kappa shape index (κ1) is 21.2. The lowest BCUT2D eigenvalue weighted by Crippen LogP contribution is -2.04. The number of nitrogen functional groups attached to an aromatic ring is 1. The Morgan fingerprint density at radius 3 is 2.25 bits per heavy atom. The lowest BCUT2D eigenvalue weighted by atomic mass is 9.86. The van der Waals surface area contributed by atoms with Gasteiger partial charge in [-0.25, -0.2) is 14.2 Å². The summed E-state index contributed by atoms with van der Waals surface area (Å²) < 4.78 is 13.7. The van der Waals surface area contributed by atoms with Crippen LogP contribution in [0.4, 0.5) is 10.1 Å². The number of rotatable bonds is 5. The van der Waals surface area contributed by atoms with Gasteiger partial charge in [-0.05, 0) is 59.0 Å². The molecule has 5 nitrogen and oxygen atoms in total. The van der Waals surface area contributed by atoms with Crippen LogP contribution >= 0.6 is 0 Å². The van der Waals surface area contributed by atoms with Gasteiger partial charge in [-0.3, -0.25) is 0 Å². The van der Waals surface area contributed by atoms with E-state index in [9.17, 15) is 14.3 Å². The van der Waals surface area contributed by atoms with Crippen LogP contribution in [0.1, 0.15) is 41.3 Å². The van der Waals surface area contributed by atoms with Crippen molar-refractivity contribution in [2.45, 2.75) is 19.8 Å². The number of aromatic nitrogens is 1. The molecule has 6 heteroatoms. The van der Waals surface area contributed by atoms with Gasteiger partial charge in [-0.2, -0.15) is 0 Å². The van der Waals surface area contributed by atoms with E-state index >= 15 is 0 Å². The van der Waals surface area contributed by atoms with Gasteiger partial charge in [-0.15, -0.1) is 0 Å². The zero-order valence-electron chi connectivity index (χ0n) is 17.7. The first-order chi connectivity index (χ1) is 15.3. The largest absolute Gasteiger partial charge is 0.478 e. The van der Waals surface area contributed by atoms with Crippen LogP contribution in [0, 0.1) is 11.2 Å². The van der Waals surface area contributed by atoms with E-state index in [0.29, 0.717) is 22.5 Å². The molecule has 0 amide bonds. The number of nitrogens with two attached hydrogens (primary N) is 1. The second-order valence-electron chi connectivity index (χ2n) is 7.94. The molecule has 0 saturated carbocycles. The molecule has 32 heavy (non-hydrogen) atoms. The van der Waals surface area contributed by atoms with Crippen LogP contribution in [0.3, 0.4) is 0 Å². The van der Waals surface area contributed by atoms with Crippen molar-refractivity contribution >= 4 is 28.8 Å². The van der Waals surface area contributed by atoms with Crippen LogP contribution in [-0.4, -0.2) is 22.3 Å². The monoisotopic (exact) mass is 427 g/mol. The van der Waals surface area contributed by atoms with Crippen LogP contribution in [0.25, 0.3) is 33.3 Å². The predicted octanol–water partition coefficient (Wildman–Crippen LogP) is 6.11. The summed E-state index contributed by atoms with van der Waals surface area (Å²) in [5.41, 5.74) is 12.2. The van der Waals surface area contributed by atoms with Crippen molar-refractivity contribution in [2.75, 3.05) is 5.73 Å². The molecular weight excluding hydrogens is 405 g/mol. The molecule has 0 aliphatic rings. The minimum Gasteiger partial charge on any atom is -0.478 e. The zero-order valence-corrected chi connectivity index (χ0v) is 17.7. The molecule has 4 aromatic rings. The summed E-state index contributed by atoms with van der Waals surface area (Å²) in [5, 5.41) is 17.8. The summed E-state index contributed by atoms with van der Waals surface area (Å²) in [6.07, 6.45) is 1.21. The maximum absolute atomic E-state index is 13.7. The van der Waals surface area contributed by atoms with Crippen molar-refractivity contribution in [2.24, 2.45) is 0 Å². The molecule has 0 bridgehead atoms. The van der Waals surface area contributed by atoms with Gasteiger partial charge in [0, 0.05) is 28.4 Å². The van der Waals surface area contributed by atoms with E-state index in [4.69, 9.17) is 16.1 Å². The Balaban J connectivity index is 2.12. The fraction of sp³-hybridized carbons (Fsp3) is 0.115. The third-order valence-electron chi connectivity index (χ3n) is 5.50. The fourth-order valence-electron chi connectivity index (χ4n) is 3.96. The number of pyridine rings is 1. The minimum absolute atomic E-state index is 0.0575. The van der Waals surface area contributed by atoms with Crippen molar-refractivity contribution in [1.29, 1.82) is 5.41 Å². The van der Waals surface area contributed by atoms with Crippen molar-refractivity contribution in [3.8, 4) is 22.4 Å². The van der Waals surface area contributed by atoms with Gasteiger partial charge < -0.3 is 16.2 Å². The Kier molecular flexibility index (Phi) is 5.45. The highest BCUT2D eigenvalue weighted by Gasteiger charge is 2.21. The third kappa shape index (κ3) is 3.71. The number of carboxylic acids is 1. The molecule has 4 N–H and O–H groups in total. The maximum atomic E-state index is 13.7. The number of nitrogens with one attached hydrogen (secondary N) is 1. The van der Waals surface area contributed by atoms with E-state index < -0.39 is 5.97 Å². The lowest BCUT2D eigenvalue weighted by molar-refractivity contribution is 0.0697. The summed E-state index contributed by atoms with van der Waals surface area (Å²) in [6.45, 7) is 4.11. The molecule has 0 unspecified atom stereocenters. The average Bonchev–Trinajstić information content (AvgIpc) is 2.78. The predicted molar refractivity (Wildman–Crippen MR) is 126 cm³/mol. The van der Waals surface area contributed by atoms with Gasteiger partial charge in [0.25, 0.3) is 0 Å². The number of nitrogens with zero attached hydrogens (tertiary/aromatic N) is 1. The standard InChI is InChI=1S/C26H22FN3O2/c1-14(2)23-24(15-7-9-19(27)10-8-15)20-11-18(13-28)21(29)12-22(20)30-25(23)16-3-5-17(6-4-16)26(31)32/h3-14,28H,29H2,1-2H3,(H,31,32). The number of aromatic carboxylic acids is 1. The van der Waals surface area contributed by atoms with Gasteiger partial charge in [-0.1, -0.05) is 38.1 Å². The second kappa shape index (κ2) is 8.23. The van der Waals surface area contributed by atoms with Crippen molar-refractivity contribution in [3.05, 3.63) is 83.2 Å². The molecular formula is C26H22FN3O2. The van der Waals surface area contributed by atoms with Crippen LogP contribution in [0.15, 0.2) is 60.7 Å². The Morgan fingerprint density at radius 1 is 1.06 bits per heavy atom. The summed E-state index contributed by atoms with van der Waals surface area (Å²) in [7, 11) is 0. The van der Waals surface area contributed by atoms with Crippen LogP contribution < -0.4 is 5.73 Å². The molecule has 4 rings (SSSR count).